The lowest BCUT2D eigenvalue weighted by atomic mass is 9.55. The second-order valence-corrected chi connectivity index (χ2v) is 10.4. The Balaban J connectivity index is 1.95. The number of carbonyl (C=O) groups excluding carboxylic acids is 2. The first-order chi connectivity index (χ1) is 15.7. The number of rotatable bonds is 8. The maximum absolute atomic E-state index is 11.9. The first-order valence-electron chi connectivity index (χ1n) is 12.3. The van der Waals surface area contributed by atoms with Gasteiger partial charge in [0.25, 0.3) is 0 Å². The van der Waals surface area contributed by atoms with E-state index in [-0.39, 0.29) is 22.8 Å². The van der Waals surface area contributed by atoms with Crippen LogP contribution in [-0.2, 0) is 15.0 Å². The predicted molar refractivity (Wildman–Crippen MR) is 132 cm³/mol. The molecular formula is C29H38O4. The molecule has 1 fully saturated rings. The molecule has 1 unspecified atom stereocenters. The lowest BCUT2D eigenvalue weighted by Gasteiger charge is -2.48. The van der Waals surface area contributed by atoms with E-state index in [0.29, 0.717) is 30.3 Å². The van der Waals surface area contributed by atoms with E-state index in [2.05, 4.69) is 45.0 Å². The van der Waals surface area contributed by atoms with Crippen molar-refractivity contribution in [3.63, 3.8) is 0 Å². The van der Waals surface area contributed by atoms with Gasteiger partial charge in [-0.25, -0.2) is 0 Å². The smallest absolute Gasteiger partial charge is 0.311 e. The highest BCUT2D eigenvalue weighted by Crippen LogP contribution is 2.53. The maximum atomic E-state index is 11.9. The van der Waals surface area contributed by atoms with Crippen LogP contribution >= 0.6 is 0 Å². The Labute approximate surface area is 198 Å². The molecule has 0 bridgehead atoms. The van der Waals surface area contributed by atoms with Crippen molar-refractivity contribution >= 4 is 11.9 Å². The van der Waals surface area contributed by atoms with Crippen molar-refractivity contribution in [1.29, 1.82) is 0 Å². The quantitative estimate of drug-likeness (QED) is 0.314. The van der Waals surface area contributed by atoms with Crippen LogP contribution in [0.2, 0.25) is 0 Å². The van der Waals surface area contributed by atoms with Gasteiger partial charge in [0.05, 0.1) is 0 Å². The maximum Gasteiger partial charge on any atom is 0.311 e. The van der Waals surface area contributed by atoms with Gasteiger partial charge in [0.1, 0.15) is 11.5 Å². The van der Waals surface area contributed by atoms with Gasteiger partial charge in [-0.05, 0) is 78.8 Å². The highest BCUT2D eigenvalue weighted by atomic mass is 16.5. The molecule has 4 heteroatoms. The molecule has 1 aliphatic carbocycles. The zero-order valence-corrected chi connectivity index (χ0v) is 20.8. The Morgan fingerprint density at radius 1 is 0.788 bits per heavy atom. The topological polar surface area (TPSA) is 52.6 Å². The molecule has 1 atom stereocenters. The van der Waals surface area contributed by atoms with Gasteiger partial charge < -0.3 is 9.47 Å². The minimum Gasteiger partial charge on any atom is -0.427 e. The summed E-state index contributed by atoms with van der Waals surface area (Å²) < 4.78 is 11.0. The molecule has 0 heterocycles. The number of hydrogen-bond acceptors (Lipinski definition) is 4. The standard InChI is InChI=1S/C29H38O4/c1-6-8-26(30)32-24-14-10-22(11-15-24)29(19-21(3)18-28(4,5)20-29)23-12-16-25(17-13-23)33-27(31)9-7-2/h10-17,21H,6-9,18-20H2,1-5H3. The van der Waals surface area contributed by atoms with Crippen molar-refractivity contribution in [1.82, 2.24) is 0 Å². The summed E-state index contributed by atoms with van der Waals surface area (Å²) in [4.78, 5) is 23.8. The van der Waals surface area contributed by atoms with E-state index in [4.69, 9.17) is 9.47 Å². The van der Waals surface area contributed by atoms with Gasteiger partial charge in [-0.1, -0.05) is 58.9 Å². The van der Waals surface area contributed by atoms with Crippen LogP contribution in [0.25, 0.3) is 0 Å². The van der Waals surface area contributed by atoms with Crippen LogP contribution in [0.1, 0.15) is 90.7 Å². The van der Waals surface area contributed by atoms with Crippen LogP contribution in [-0.4, -0.2) is 11.9 Å². The number of benzene rings is 2. The number of ether oxygens (including phenoxy) is 2. The molecule has 0 aliphatic heterocycles. The third kappa shape index (κ3) is 6.25. The molecule has 3 rings (SSSR count). The largest absolute Gasteiger partial charge is 0.427 e. The van der Waals surface area contributed by atoms with Gasteiger partial charge in [0.15, 0.2) is 0 Å². The zero-order valence-electron chi connectivity index (χ0n) is 20.8. The first kappa shape index (κ1) is 25.0. The van der Waals surface area contributed by atoms with Gasteiger partial charge in [0, 0.05) is 18.3 Å². The summed E-state index contributed by atoms with van der Waals surface area (Å²) >= 11 is 0. The summed E-state index contributed by atoms with van der Waals surface area (Å²) in [6.07, 6.45) is 5.65. The number of hydrogen-bond donors (Lipinski definition) is 0. The van der Waals surface area contributed by atoms with E-state index >= 15 is 0 Å². The third-order valence-electron chi connectivity index (χ3n) is 6.56. The molecule has 33 heavy (non-hydrogen) atoms. The SMILES string of the molecule is CCCC(=O)Oc1ccc(C2(c3ccc(OC(=O)CCC)cc3)CC(C)CC(C)(C)C2)cc1. The van der Waals surface area contributed by atoms with E-state index < -0.39 is 0 Å². The molecule has 2 aromatic rings. The number of esters is 2. The lowest BCUT2D eigenvalue weighted by Crippen LogP contribution is -2.41. The highest BCUT2D eigenvalue weighted by Gasteiger charge is 2.45. The molecule has 0 spiro atoms. The van der Waals surface area contributed by atoms with E-state index in [1.54, 1.807) is 0 Å². The normalized spacial score (nSPS) is 19.0. The molecule has 2 aromatic carbocycles. The third-order valence-corrected chi connectivity index (χ3v) is 6.56. The average Bonchev–Trinajstić information content (AvgIpc) is 2.73. The van der Waals surface area contributed by atoms with Crippen molar-refractivity contribution < 1.29 is 19.1 Å². The summed E-state index contributed by atoms with van der Waals surface area (Å²) in [5, 5.41) is 0. The molecule has 0 aromatic heterocycles. The fourth-order valence-electron chi connectivity index (χ4n) is 5.64. The molecule has 0 saturated heterocycles. The van der Waals surface area contributed by atoms with Gasteiger partial charge in [-0.15, -0.1) is 0 Å². The molecule has 1 aliphatic rings. The minimum atomic E-state index is -0.194. The first-order valence-corrected chi connectivity index (χ1v) is 12.3. The van der Waals surface area contributed by atoms with E-state index in [0.717, 1.165) is 25.7 Å². The molecule has 1 saturated carbocycles. The Morgan fingerprint density at radius 2 is 1.21 bits per heavy atom. The number of carbonyl (C=O) groups is 2. The Kier molecular flexibility index (Phi) is 7.99. The van der Waals surface area contributed by atoms with E-state index in [1.165, 1.54) is 17.5 Å². The van der Waals surface area contributed by atoms with Crippen LogP contribution in [0.15, 0.2) is 48.5 Å². The lowest BCUT2D eigenvalue weighted by molar-refractivity contribution is -0.135. The predicted octanol–water partition coefficient (Wildman–Crippen LogP) is 7.23. The second kappa shape index (κ2) is 10.5. The summed E-state index contributed by atoms with van der Waals surface area (Å²) in [5.74, 6) is 1.36. The average molecular weight is 451 g/mol. The van der Waals surface area contributed by atoms with Crippen molar-refractivity contribution in [3.8, 4) is 11.5 Å². The van der Waals surface area contributed by atoms with E-state index in [1.807, 2.05) is 38.1 Å². The van der Waals surface area contributed by atoms with Gasteiger partial charge in [-0.2, -0.15) is 0 Å². The summed E-state index contributed by atoms with van der Waals surface area (Å²) in [6, 6.07) is 16.1. The van der Waals surface area contributed by atoms with Crippen molar-refractivity contribution in [2.45, 2.75) is 85.0 Å². The minimum absolute atomic E-state index is 0.154. The van der Waals surface area contributed by atoms with Gasteiger partial charge in [-0.3, -0.25) is 9.59 Å². The Bertz CT molecular complexity index is 877. The molecule has 0 radical (unpaired) electrons. The molecule has 0 amide bonds. The van der Waals surface area contributed by atoms with Gasteiger partial charge in [0.2, 0.25) is 0 Å². The fourth-order valence-corrected chi connectivity index (χ4v) is 5.64. The molecule has 178 valence electrons. The fraction of sp³-hybridized carbons (Fsp3) is 0.517. The Hall–Kier alpha value is -2.62. The zero-order chi connectivity index (χ0) is 24.1. The molecular weight excluding hydrogens is 412 g/mol. The molecule has 4 nitrogen and oxygen atoms in total. The van der Waals surface area contributed by atoms with Crippen molar-refractivity contribution in [2.24, 2.45) is 11.3 Å². The van der Waals surface area contributed by atoms with Crippen LogP contribution in [0.3, 0.4) is 0 Å². The van der Waals surface area contributed by atoms with Crippen molar-refractivity contribution in [3.05, 3.63) is 59.7 Å². The summed E-state index contributed by atoms with van der Waals surface area (Å²) in [6.45, 7) is 11.0. The van der Waals surface area contributed by atoms with Crippen LogP contribution < -0.4 is 9.47 Å². The summed E-state index contributed by atoms with van der Waals surface area (Å²) in [7, 11) is 0. The highest BCUT2D eigenvalue weighted by molar-refractivity contribution is 5.72. The van der Waals surface area contributed by atoms with E-state index in [9.17, 15) is 9.59 Å². The van der Waals surface area contributed by atoms with Crippen LogP contribution in [0.4, 0.5) is 0 Å². The molecule has 0 N–H and O–H groups in total. The second-order valence-electron chi connectivity index (χ2n) is 10.4. The monoisotopic (exact) mass is 450 g/mol. The summed E-state index contributed by atoms with van der Waals surface area (Å²) in [5.41, 5.74) is 2.50. The van der Waals surface area contributed by atoms with Crippen LogP contribution in [0.5, 0.6) is 11.5 Å². The van der Waals surface area contributed by atoms with Crippen molar-refractivity contribution in [2.75, 3.05) is 0 Å². The Morgan fingerprint density at radius 3 is 1.58 bits per heavy atom. The van der Waals surface area contributed by atoms with Gasteiger partial charge >= 0.3 is 11.9 Å². The van der Waals surface area contributed by atoms with Crippen LogP contribution in [0, 0.1) is 11.3 Å².